The number of nitrogens with zero attached hydrogens (tertiary/aromatic N) is 6. The van der Waals surface area contributed by atoms with Crippen LogP contribution in [-0.2, 0) is 52.8 Å². The van der Waals surface area contributed by atoms with Crippen LogP contribution in [0.2, 0.25) is 15.1 Å². The van der Waals surface area contributed by atoms with Gasteiger partial charge < -0.3 is 67.2 Å². The molecule has 0 atom stereocenters. The quantitative estimate of drug-likeness (QED) is 0.0447. The van der Waals surface area contributed by atoms with Gasteiger partial charge in [-0.05, 0) is 166 Å². The summed E-state index contributed by atoms with van der Waals surface area (Å²) in [5, 5.41) is 13.7. The number of hydrogen-bond donors (Lipinski definition) is 4. The van der Waals surface area contributed by atoms with Crippen LogP contribution in [0.3, 0.4) is 0 Å². The summed E-state index contributed by atoms with van der Waals surface area (Å²) in [5.74, 6) is -1.85. The van der Waals surface area contributed by atoms with Gasteiger partial charge in [-0.1, -0.05) is 62.9 Å². The van der Waals surface area contributed by atoms with Gasteiger partial charge in [0.05, 0.1) is 89.6 Å². The van der Waals surface area contributed by atoms with Gasteiger partial charge >= 0.3 is 25.0 Å². The van der Waals surface area contributed by atoms with Gasteiger partial charge in [0.1, 0.15) is 19.6 Å². The number of aromatic amines is 3. The molecule has 4 N–H and O–H groups in total. The van der Waals surface area contributed by atoms with Crippen molar-refractivity contribution in [3.63, 3.8) is 0 Å². The second kappa shape index (κ2) is 31.4. The van der Waals surface area contributed by atoms with E-state index in [1.54, 1.807) is 150 Å². The van der Waals surface area contributed by atoms with Crippen LogP contribution in [0.5, 0.6) is 0 Å². The van der Waals surface area contributed by atoms with Gasteiger partial charge in [0.25, 0.3) is 0 Å². The van der Waals surface area contributed by atoms with Crippen LogP contribution < -0.4 is 53.1 Å². The van der Waals surface area contributed by atoms with E-state index in [0.717, 1.165) is 15.5 Å². The van der Waals surface area contributed by atoms with E-state index in [4.69, 9.17) is 53.6 Å². The number of anilines is 3. The number of pyridine rings is 6. The fourth-order valence-electron chi connectivity index (χ4n) is 12.4. The molecule has 0 radical (unpaired) electrons. The molecule has 0 unspecified atom stereocenters. The number of carbonyl (C=O) groups is 3. The number of carbonyl (C=O) groups excluding carboxylic acids is 2. The highest BCUT2D eigenvalue weighted by Crippen LogP contribution is 2.40. The molecule has 0 spiro atoms. The number of halogens is 4. The monoisotopic (exact) mass is 1530 g/mol. The minimum atomic E-state index is -1.05. The predicted octanol–water partition coefficient (Wildman–Crippen LogP) is 12.0. The first-order valence-electron chi connectivity index (χ1n) is 32.8. The number of rotatable bonds is 14. The van der Waals surface area contributed by atoms with Crippen LogP contribution in [0.1, 0.15) is 41.5 Å². The summed E-state index contributed by atoms with van der Waals surface area (Å²) < 4.78 is 28.0. The largest absolute Gasteiger partial charge is 0.495 e. The summed E-state index contributed by atoms with van der Waals surface area (Å²) in [6.07, 6.45) is 4.71. The van der Waals surface area contributed by atoms with E-state index in [1.807, 2.05) is 83.9 Å². The molecule has 12 aromatic rings. The Kier molecular flexibility index (Phi) is 23.0. The Hall–Kier alpha value is -10.3. The maximum Gasteiger partial charge on any atom is 0.495 e. The second-order valence-electron chi connectivity index (χ2n) is 25.9. The third kappa shape index (κ3) is 15.8. The van der Waals surface area contributed by atoms with Gasteiger partial charge in [0, 0.05) is 116 Å². The van der Waals surface area contributed by atoms with E-state index in [-0.39, 0.29) is 76.4 Å². The maximum absolute atomic E-state index is 13.4. The van der Waals surface area contributed by atoms with Gasteiger partial charge in [0.15, 0.2) is 16.3 Å². The van der Waals surface area contributed by atoms with E-state index < -0.39 is 19.1 Å². The first kappa shape index (κ1) is 76.4. The number of fused-ring (bicyclic) bond motifs is 6. The van der Waals surface area contributed by atoms with Crippen molar-refractivity contribution in [2.45, 2.75) is 72.4 Å². The zero-order chi connectivity index (χ0) is 75.5. The van der Waals surface area contributed by atoms with Crippen molar-refractivity contribution in [1.29, 1.82) is 0 Å². The average molecular weight is 1530 g/mol. The van der Waals surface area contributed by atoms with Gasteiger partial charge in [-0.25, -0.2) is 0 Å². The summed E-state index contributed by atoms with van der Waals surface area (Å²) in [4.78, 5) is 124. The predicted molar refractivity (Wildman–Crippen MR) is 419 cm³/mol. The number of aliphatic carboxylic acids is 1. The van der Waals surface area contributed by atoms with Gasteiger partial charge in [-0.2, -0.15) is 0 Å². The Bertz CT molecular complexity index is 5770. The molecule has 538 valence electrons. The number of ether oxygens (including phenoxy) is 2. The Morgan fingerprint density at radius 2 is 0.788 bits per heavy atom. The lowest BCUT2D eigenvalue weighted by molar-refractivity contribution is -0.144. The van der Waals surface area contributed by atoms with Gasteiger partial charge in [-0.3, -0.25) is 43.2 Å². The summed E-state index contributed by atoms with van der Waals surface area (Å²) in [6, 6.07) is 35.7. The number of carboxylic acids is 1. The molecule has 6 aromatic carbocycles. The highest BCUT2D eigenvalue weighted by atomic mass is 79.9. The average Bonchev–Trinajstić information content (AvgIpc) is 1.06. The van der Waals surface area contributed by atoms with Gasteiger partial charge in [-0.15, -0.1) is 0 Å². The minimum absolute atomic E-state index is 0.0151. The van der Waals surface area contributed by atoms with E-state index in [0.29, 0.717) is 121 Å². The first-order chi connectivity index (χ1) is 49.2. The summed E-state index contributed by atoms with van der Waals surface area (Å²) in [7, 11) is 10.5. The fraction of sp³-hybridized carbons (Fsp3) is 0.250. The molecule has 13 rings (SSSR count). The Morgan fingerprint density at radius 3 is 1.13 bits per heavy atom. The molecule has 0 bridgehead atoms. The fourth-order valence-corrected chi connectivity index (χ4v) is 13.7. The normalized spacial score (nSPS) is 12.9. The Balaban J connectivity index is 0.000000152. The molecule has 1 saturated heterocycles. The van der Waals surface area contributed by atoms with Crippen LogP contribution >= 0.6 is 50.7 Å². The van der Waals surface area contributed by atoms with E-state index >= 15 is 0 Å². The number of hydrogen-bond acceptors (Lipinski definition) is 16. The van der Waals surface area contributed by atoms with Crippen LogP contribution in [0, 0.1) is 0 Å². The number of benzene rings is 6. The summed E-state index contributed by atoms with van der Waals surface area (Å²) in [5.41, 5.74) is 6.88. The van der Waals surface area contributed by atoms with E-state index in [1.165, 1.54) is 24.4 Å². The molecule has 1 aliphatic rings. The van der Waals surface area contributed by atoms with Crippen LogP contribution in [0.15, 0.2) is 179 Å². The molecule has 7 heterocycles. The first-order valence-corrected chi connectivity index (χ1v) is 34.7. The summed E-state index contributed by atoms with van der Waals surface area (Å²) >= 11 is 22.8. The molecule has 0 aliphatic carbocycles. The van der Waals surface area contributed by atoms with Crippen molar-refractivity contribution in [1.82, 2.24) is 28.7 Å². The van der Waals surface area contributed by atoms with Crippen molar-refractivity contribution in [2.75, 3.05) is 70.2 Å². The molecule has 28 heteroatoms. The Morgan fingerprint density at radius 1 is 0.462 bits per heavy atom. The number of carboxylic acid groups (broad SMARTS) is 1. The molecule has 1 fully saturated rings. The van der Waals surface area contributed by atoms with E-state index in [2.05, 4.69) is 30.9 Å². The standard InChI is InChI=1S/C24H22ClN3O4.C22H18ClN3O4.C19H18BrClN2O3.C11H16BNO3/c1-4-32-21(30)13-28-19-11-14(15-9-10-26-20(29)12-15)5-6-16(19)24(31)17-7-8-18(25)23(22(17)28)27(2)3;1-25(2)21-16(23)6-5-15-20(21)26(11-19(28)29)17-9-12(3-4-14(17)22(15)30)13-7-8-24-18(27)10-13;1-4-26-16(24)10-23-15-9-11(20)5-6-12(15)19(25)13-7-8-14(21)18(17(13)23)22(2)3;1-10(2)11(3,4)16-12(15-10)8-5-6-13-9(14)7-8/h5-12H,4,13H2,1-3H3,(H,26,29);3-10H,11H2,1-2H3,(H,24,27)(H,28,29);5-9H,4,10H2,1-3H3;5-7H,1-4H3,(H,13,14). The highest BCUT2D eigenvalue weighted by molar-refractivity contribution is 9.10. The second-order valence-corrected chi connectivity index (χ2v) is 28.0. The minimum Gasteiger partial charge on any atom is -0.480 e. The molecule has 23 nitrogen and oxygen atoms in total. The molecule has 104 heavy (non-hydrogen) atoms. The summed E-state index contributed by atoms with van der Waals surface area (Å²) in [6.45, 7) is 11.5. The highest BCUT2D eigenvalue weighted by Gasteiger charge is 2.51. The van der Waals surface area contributed by atoms with Crippen LogP contribution in [0.4, 0.5) is 17.1 Å². The third-order valence-corrected chi connectivity index (χ3v) is 19.2. The van der Waals surface area contributed by atoms with Crippen molar-refractivity contribution in [3.05, 3.63) is 227 Å². The SMILES string of the molecule is CC1(C)OB(c2cc[nH]c(=O)c2)OC1(C)C.CCOC(=O)Cn1c2cc(-c3cc[nH]c(=O)c3)ccc2c(=O)c2ccc(Cl)c(N(C)C)c21.CCOC(=O)Cn1c2cc(Br)ccc2c(=O)c2ccc(Cl)c(N(C)C)c21.CN(C)c1c(Cl)ccc2c(=O)c3ccc(-c4cc[nH]c(=O)c4)cc3n(CC(=O)O)c12. The van der Waals surface area contributed by atoms with Gasteiger partial charge in [0.2, 0.25) is 16.7 Å². The lowest BCUT2D eigenvalue weighted by Gasteiger charge is -2.32. The lowest BCUT2D eigenvalue weighted by Crippen LogP contribution is -2.41. The Labute approximate surface area is 618 Å². The third-order valence-electron chi connectivity index (χ3n) is 17.8. The number of esters is 2. The van der Waals surface area contributed by atoms with Crippen molar-refractivity contribution in [3.8, 4) is 22.3 Å². The topological polar surface area (TPSA) is 283 Å². The smallest absolute Gasteiger partial charge is 0.480 e. The zero-order valence-electron chi connectivity index (χ0n) is 58.9. The van der Waals surface area contributed by atoms with E-state index in [9.17, 15) is 48.3 Å². The van der Waals surface area contributed by atoms with Crippen LogP contribution in [0.25, 0.3) is 87.7 Å². The molecule has 1 aliphatic heterocycles. The van der Waals surface area contributed by atoms with Crippen LogP contribution in [-0.4, -0.2) is 125 Å². The molecular formula is C76H74BBrCl3N9O14. The maximum atomic E-state index is 13.4. The lowest BCUT2D eigenvalue weighted by atomic mass is 9.80. The number of H-pyrrole nitrogens is 3. The van der Waals surface area contributed by atoms with Crippen molar-refractivity contribution < 1.29 is 38.3 Å². The molecular weight excluding hydrogens is 1460 g/mol. The molecule has 6 aromatic heterocycles. The number of nitrogens with one attached hydrogen (secondary N) is 3. The van der Waals surface area contributed by atoms with Crippen molar-refractivity contribution >= 4 is 164 Å². The molecule has 0 amide bonds. The molecule has 0 saturated carbocycles. The van der Waals surface area contributed by atoms with Crippen molar-refractivity contribution in [2.24, 2.45) is 0 Å². The number of aromatic nitrogens is 6. The zero-order valence-corrected chi connectivity index (χ0v) is 62.8.